The van der Waals surface area contributed by atoms with Crippen LogP contribution in [0.3, 0.4) is 0 Å². The molecule has 11 heteroatoms. The highest BCUT2D eigenvalue weighted by atomic mass is 35.5. The Hall–Kier alpha value is -3.53. The molecule has 0 aliphatic carbocycles. The second-order valence-electron chi connectivity index (χ2n) is 5.97. The number of benzene rings is 1. The number of ether oxygens (including phenoxy) is 1. The fourth-order valence-corrected chi connectivity index (χ4v) is 2.51. The van der Waals surface area contributed by atoms with Crippen molar-refractivity contribution in [1.82, 2.24) is 9.97 Å². The summed E-state index contributed by atoms with van der Waals surface area (Å²) in [6.07, 6.45) is -0.832. The van der Waals surface area contributed by atoms with E-state index in [0.717, 1.165) is 6.07 Å². The van der Waals surface area contributed by atoms with E-state index >= 15 is 0 Å². The number of alkyl halides is 3. The van der Waals surface area contributed by atoms with Gasteiger partial charge in [-0.15, -0.1) is 10.2 Å². The van der Waals surface area contributed by atoms with Gasteiger partial charge in [-0.05, 0) is 49.4 Å². The number of nitrogens with one attached hydrogen (secondary N) is 1. The van der Waals surface area contributed by atoms with Crippen molar-refractivity contribution in [2.45, 2.75) is 13.1 Å². The predicted molar refractivity (Wildman–Crippen MR) is 111 cm³/mol. The molecule has 0 spiro atoms. The molecule has 7 nitrogen and oxygen atoms in total. The lowest BCUT2D eigenvalue weighted by Gasteiger charge is -2.07. The highest BCUT2D eigenvalue weighted by molar-refractivity contribution is 6.32. The Morgan fingerprint density at radius 2 is 1.94 bits per heavy atom. The molecule has 0 saturated carbocycles. The zero-order valence-electron chi connectivity index (χ0n) is 16.1. The molecule has 0 amide bonds. The molecule has 3 rings (SSSR count). The van der Waals surface area contributed by atoms with Crippen LogP contribution in [0.5, 0.6) is 5.75 Å². The third-order valence-electron chi connectivity index (χ3n) is 3.76. The Morgan fingerprint density at radius 1 is 1.16 bits per heavy atom. The summed E-state index contributed by atoms with van der Waals surface area (Å²) >= 11 is 5.88. The summed E-state index contributed by atoms with van der Waals surface area (Å²) in [5, 5.41) is 11.8. The number of amidine groups is 1. The molecule has 0 atom stereocenters. The van der Waals surface area contributed by atoms with Crippen molar-refractivity contribution >= 4 is 28.9 Å². The van der Waals surface area contributed by atoms with Crippen molar-refractivity contribution < 1.29 is 17.9 Å². The van der Waals surface area contributed by atoms with E-state index in [0.29, 0.717) is 29.8 Å². The minimum atomic E-state index is -4.56. The van der Waals surface area contributed by atoms with E-state index in [-0.39, 0.29) is 16.7 Å². The molecule has 2 heterocycles. The Balaban J connectivity index is 1.85. The summed E-state index contributed by atoms with van der Waals surface area (Å²) in [6, 6.07) is 11.2. The molecule has 160 valence electrons. The van der Waals surface area contributed by atoms with E-state index in [1.54, 1.807) is 42.6 Å². The number of azo groups is 1. The molecular weight excluding hydrogens is 433 g/mol. The van der Waals surface area contributed by atoms with E-state index in [4.69, 9.17) is 16.3 Å². The van der Waals surface area contributed by atoms with Gasteiger partial charge >= 0.3 is 6.18 Å². The first-order valence-corrected chi connectivity index (χ1v) is 9.36. The number of anilines is 1. The van der Waals surface area contributed by atoms with Gasteiger partial charge in [-0.1, -0.05) is 11.6 Å². The molecule has 0 radical (unpaired) electrons. The van der Waals surface area contributed by atoms with Crippen LogP contribution in [0.1, 0.15) is 18.1 Å². The number of hydrazone groups is 1. The average molecular weight is 449 g/mol. The summed E-state index contributed by atoms with van der Waals surface area (Å²) in [5.74, 6) is 0.666. The third-order valence-corrected chi connectivity index (χ3v) is 4.04. The second-order valence-corrected chi connectivity index (χ2v) is 6.38. The maximum atomic E-state index is 12.8. The van der Waals surface area contributed by atoms with Crippen molar-refractivity contribution in [3.63, 3.8) is 0 Å². The first kappa shape index (κ1) is 22.2. The zero-order chi connectivity index (χ0) is 22.3. The van der Waals surface area contributed by atoms with E-state index in [1.165, 1.54) is 6.20 Å². The standard InChI is InChI=1S/C20H16ClF3N6O/c1-2-31-16-7-5-15(6-8-16)27-28-18(13-4-3-9-25-11-13)29-30-19-17(21)10-14(12-26-19)20(22,23)24/h3-12,27H,2H2,1H3. The van der Waals surface area contributed by atoms with E-state index in [9.17, 15) is 13.2 Å². The highest BCUT2D eigenvalue weighted by Gasteiger charge is 2.31. The van der Waals surface area contributed by atoms with Gasteiger partial charge in [-0.3, -0.25) is 10.4 Å². The zero-order valence-corrected chi connectivity index (χ0v) is 16.9. The van der Waals surface area contributed by atoms with Gasteiger partial charge in [-0.2, -0.15) is 18.3 Å². The maximum absolute atomic E-state index is 12.8. The number of pyridine rings is 2. The van der Waals surface area contributed by atoms with Gasteiger partial charge in [0.1, 0.15) is 5.75 Å². The molecule has 2 aromatic heterocycles. The molecule has 0 aliphatic heterocycles. The summed E-state index contributed by atoms with van der Waals surface area (Å²) in [5.41, 5.74) is 3.04. The normalized spacial score (nSPS) is 12.2. The van der Waals surface area contributed by atoms with E-state index < -0.39 is 11.7 Å². The van der Waals surface area contributed by atoms with Gasteiger partial charge in [0.15, 0.2) is 5.82 Å². The lowest BCUT2D eigenvalue weighted by atomic mass is 10.3. The van der Waals surface area contributed by atoms with Crippen LogP contribution in [0.15, 0.2) is 76.4 Å². The molecule has 0 unspecified atom stereocenters. The number of hydrogen-bond donors (Lipinski definition) is 1. The molecule has 0 fully saturated rings. The Bertz CT molecular complexity index is 1070. The molecule has 3 aromatic rings. The van der Waals surface area contributed by atoms with Crippen molar-refractivity contribution in [3.05, 3.63) is 77.2 Å². The fraction of sp³-hybridized carbons (Fsp3) is 0.150. The van der Waals surface area contributed by atoms with Crippen molar-refractivity contribution in [2.24, 2.45) is 15.3 Å². The molecular formula is C20H16ClF3N6O. The van der Waals surface area contributed by atoms with Gasteiger partial charge < -0.3 is 4.74 Å². The van der Waals surface area contributed by atoms with Crippen LogP contribution < -0.4 is 10.2 Å². The van der Waals surface area contributed by atoms with Crippen molar-refractivity contribution in [3.8, 4) is 5.75 Å². The summed E-state index contributed by atoms with van der Waals surface area (Å²) in [7, 11) is 0. The predicted octanol–water partition coefficient (Wildman–Crippen LogP) is 6.11. The minimum Gasteiger partial charge on any atom is -0.494 e. The smallest absolute Gasteiger partial charge is 0.417 e. The maximum Gasteiger partial charge on any atom is 0.417 e. The van der Waals surface area contributed by atoms with Crippen LogP contribution >= 0.6 is 11.6 Å². The lowest BCUT2D eigenvalue weighted by Crippen LogP contribution is -2.05. The first-order chi connectivity index (χ1) is 14.9. The second kappa shape index (κ2) is 9.98. The Kier molecular flexibility index (Phi) is 7.14. The number of nitrogens with zero attached hydrogens (tertiary/aromatic N) is 5. The Morgan fingerprint density at radius 3 is 2.55 bits per heavy atom. The van der Waals surface area contributed by atoms with Gasteiger partial charge in [0, 0.05) is 24.2 Å². The molecule has 31 heavy (non-hydrogen) atoms. The van der Waals surface area contributed by atoms with Crippen LogP contribution in [-0.4, -0.2) is 22.4 Å². The van der Waals surface area contributed by atoms with Crippen molar-refractivity contribution in [1.29, 1.82) is 0 Å². The number of halogens is 4. The monoisotopic (exact) mass is 448 g/mol. The van der Waals surface area contributed by atoms with Crippen LogP contribution in [0.25, 0.3) is 0 Å². The van der Waals surface area contributed by atoms with Gasteiger partial charge in [-0.25, -0.2) is 4.98 Å². The molecule has 0 bridgehead atoms. The fourth-order valence-electron chi connectivity index (χ4n) is 2.30. The van der Waals surface area contributed by atoms with Gasteiger partial charge in [0.2, 0.25) is 5.84 Å². The quantitative estimate of drug-likeness (QED) is 0.213. The molecule has 1 aromatic carbocycles. The van der Waals surface area contributed by atoms with Crippen molar-refractivity contribution in [2.75, 3.05) is 12.0 Å². The summed E-state index contributed by atoms with van der Waals surface area (Å²) < 4.78 is 43.7. The van der Waals surface area contributed by atoms with Crippen LogP contribution in [0, 0.1) is 0 Å². The summed E-state index contributed by atoms with van der Waals surface area (Å²) in [4.78, 5) is 7.65. The minimum absolute atomic E-state index is 0.125. The number of hydrogen-bond acceptors (Lipinski definition) is 6. The highest BCUT2D eigenvalue weighted by Crippen LogP contribution is 2.33. The van der Waals surface area contributed by atoms with Crippen LogP contribution in [0.2, 0.25) is 5.02 Å². The third kappa shape index (κ3) is 6.22. The van der Waals surface area contributed by atoms with Crippen LogP contribution in [0.4, 0.5) is 24.7 Å². The number of rotatable bonds is 6. The molecule has 1 N–H and O–H groups in total. The van der Waals surface area contributed by atoms with E-state index in [1.807, 2.05) is 6.92 Å². The SMILES string of the molecule is CCOc1ccc(NN=C(N=Nc2ncc(C(F)(F)F)cc2Cl)c2cccnc2)cc1. The molecule has 0 saturated heterocycles. The molecule has 0 aliphatic rings. The number of aromatic nitrogens is 2. The topological polar surface area (TPSA) is 84.1 Å². The van der Waals surface area contributed by atoms with Crippen LogP contribution in [-0.2, 0) is 6.18 Å². The lowest BCUT2D eigenvalue weighted by molar-refractivity contribution is -0.137. The largest absolute Gasteiger partial charge is 0.494 e. The summed E-state index contributed by atoms with van der Waals surface area (Å²) in [6.45, 7) is 2.44. The Labute approximate surface area is 180 Å². The van der Waals surface area contributed by atoms with E-state index in [2.05, 4.69) is 30.7 Å². The first-order valence-electron chi connectivity index (χ1n) is 8.98. The van der Waals surface area contributed by atoms with Gasteiger partial charge in [0.05, 0.1) is 22.9 Å². The van der Waals surface area contributed by atoms with Gasteiger partial charge in [0.25, 0.3) is 0 Å². The average Bonchev–Trinajstić information content (AvgIpc) is 2.76.